The highest BCUT2D eigenvalue weighted by Crippen LogP contribution is 2.25. The lowest BCUT2D eigenvalue weighted by Gasteiger charge is -2.12. The molecule has 1 saturated heterocycles. The Morgan fingerprint density at radius 2 is 2.38 bits per heavy atom. The van der Waals surface area contributed by atoms with Gasteiger partial charge in [-0.25, -0.2) is 4.98 Å². The number of alkyl halides is 1. The Morgan fingerprint density at radius 1 is 1.48 bits per heavy atom. The topological polar surface area (TPSA) is 36.3 Å². The molecule has 1 atom stereocenters. The number of aryl methyl sites for hydroxylation is 2. The van der Waals surface area contributed by atoms with Gasteiger partial charge in [0.15, 0.2) is 0 Å². The van der Waals surface area contributed by atoms with Crippen LogP contribution in [0.25, 0.3) is 11.0 Å². The molecule has 5 heteroatoms. The van der Waals surface area contributed by atoms with Crippen LogP contribution in [0.1, 0.15) is 18.7 Å². The van der Waals surface area contributed by atoms with Gasteiger partial charge in [-0.1, -0.05) is 0 Å². The minimum atomic E-state index is 0.590. The van der Waals surface area contributed by atoms with Crippen molar-refractivity contribution in [2.75, 3.05) is 26.2 Å². The van der Waals surface area contributed by atoms with E-state index in [-0.39, 0.29) is 0 Å². The first-order valence-corrected chi connectivity index (χ1v) is 8.02. The average molecular weight is 309 g/mol. The highest BCUT2D eigenvalue weighted by Gasteiger charge is 2.17. The fraction of sp³-hybridized carbons (Fsp3) is 0.562. The number of methoxy groups -OCH3 is 1. The maximum atomic E-state index is 5.92. The molecular formula is C16H21ClN2O2. The lowest BCUT2D eigenvalue weighted by atomic mass is 10.1. The molecule has 0 bridgehead atoms. The molecule has 1 aromatic heterocycles. The van der Waals surface area contributed by atoms with E-state index in [1.54, 1.807) is 7.11 Å². The summed E-state index contributed by atoms with van der Waals surface area (Å²) in [7, 11) is 1.69. The SMILES string of the molecule is COc1ccc2nc(CCCl)n(CCC3CCOC3)c2c1. The molecule has 2 aromatic rings. The summed E-state index contributed by atoms with van der Waals surface area (Å²) in [5.74, 6) is 3.18. The van der Waals surface area contributed by atoms with Gasteiger partial charge in [0.2, 0.25) is 0 Å². The molecular weight excluding hydrogens is 288 g/mol. The number of ether oxygens (including phenoxy) is 2. The van der Waals surface area contributed by atoms with Gasteiger partial charge in [0, 0.05) is 38.1 Å². The summed E-state index contributed by atoms with van der Waals surface area (Å²) >= 11 is 5.92. The van der Waals surface area contributed by atoms with Gasteiger partial charge < -0.3 is 14.0 Å². The number of aromatic nitrogens is 2. The van der Waals surface area contributed by atoms with E-state index in [9.17, 15) is 0 Å². The Bertz CT molecular complexity index is 606. The van der Waals surface area contributed by atoms with Crippen molar-refractivity contribution in [3.8, 4) is 5.75 Å². The summed E-state index contributed by atoms with van der Waals surface area (Å²) in [6.07, 6.45) is 3.08. The molecule has 0 aliphatic carbocycles. The zero-order valence-electron chi connectivity index (χ0n) is 12.3. The molecule has 0 N–H and O–H groups in total. The maximum Gasteiger partial charge on any atom is 0.121 e. The van der Waals surface area contributed by atoms with Crippen molar-refractivity contribution in [1.82, 2.24) is 9.55 Å². The van der Waals surface area contributed by atoms with Gasteiger partial charge in [-0.3, -0.25) is 0 Å². The van der Waals surface area contributed by atoms with Crippen LogP contribution in [0.15, 0.2) is 18.2 Å². The number of hydrogen-bond acceptors (Lipinski definition) is 3. The second kappa shape index (κ2) is 6.67. The zero-order valence-corrected chi connectivity index (χ0v) is 13.1. The first-order valence-electron chi connectivity index (χ1n) is 7.48. The molecule has 1 unspecified atom stereocenters. The lowest BCUT2D eigenvalue weighted by Crippen LogP contribution is -2.09. The second-order valence-electron chi connectivity index (χ2n) is 5.49. The zero-order chi connectivity index (χ0) is 14.7. The predicted octanol–water partition coefficient (Wildman–Crippen LogP) is 3.25. The molecule has 0 radical (unpaired) electrons. The van der Waals surface area contributed by atoms with E-state index in [0.29, 0.717) is 11.8 Å². The molecule has 0 amide bonds. The van der Waals surface area contributed by atoms with Crippen LogP contribution in [-0.2, 0) is 17.7 Å². The normalized spacial score (nSPS) is 18.5. The Kier molecular flexibility index (Phi) is 4.66. The maximum absolute atomic E-state index is 5.92. The van der Waals surface area contributed by atoms with Gasteiger partial charge in [-0.15, -0.1) is 11.6 Å². The largest absolute Gasteiger partial charge is 0.497 e. The molecule has 1 aliphatic rings. The third-order valence-electron chi connectivity index (χ3n) is 4.14. The molecule has 0 spiro atoms. The van der Waals surface area contributed by atoms with Crippen LogP contribution in [-0.4, -0.2) is 35.8 Å². The van der Waals surface area contributed by atoms with Crippen molar-refractivity contribution in [3.63, 3.8) is 0 Å². The summed E-state index contributed by atoms with van der Waals surface area (Å²) < 4.78 is 13.1. The number of nitrogens with zero attached hydrogens (tertiary/aromatic N) is 2. The van der Waals surface area contributed by atoms with E-state index in [0.717, 1.165) is 55.2 Å². The third kappa shape index (κ3) is 3.16. The minimum absolute atomic E-state index is 0.590. The van der Waals surface area contributed by atoms with Crippen molar-refractivity contribution in [2.24, 2.45) is 5.92 Å². The monoisotopic (exact) mass is 308 g/mol. The Hall–Kier alpha value is -1.26. The van der Waals surface area contributed by atoms with E-state index in [1.165, 1.54) is 6.42 Å². The molecule has 3 rings (SSSR count). The van der Waals surface area contributed by atoms with Gasteiger partial charge in [0.1, 0.15) is 11.6 Å². The standard InChI is InChI=1S/C16H21ClN2O2/c1-20-13-2-3-14-15(10-13)19(16(18-14)4-7-17)8-5-12-6-9-21-11-12/h2-3,10,12H,4-9,11H2,1H3. The number of halogens is 1. The summed E-state index contributed by atoms with van der Waals surface area (Å²) in [6, 6.07) is 6.03. The lowest BCUT2D eigenvalue weighted by molar-refractivity contribution is 0.183. The highest BCUT2D eigenvalue weighted by molar-refractivity contribution is 6.17. The molecule has 0 saturated carbocycles. The molecule has 21 heavy (non-hydrogen) atoms. The summed E-state index contributed by atoms with van der Waals surface area (Å²) in [5, 5.41) is 0. The molecule has 114 valence electrons. The fourth-order valence-corrected chi connectivity index (χ4v) is 3.10. The van der Waals surface area contributed by atoms with Crippen LogP contribution in [0.2, 0.25) is 0 Å². The average Bonchev–Trinajstić information content (AvgIpc) is 3.12. The van der Waals surface area contributed by atoms with E-state index >= 15 is 0 Å². The van der Waals surface area contributed by atoms with Gasteiger partial charge in [-0.2, -0.15) is 0 Å². The smallest absolute Gasteiger partial charge is 0.121 e. The third-order valence-corrected chi connectivity index (χ3v) is 4.33. The van der Waals surface area contributed by atoms with Gasteiger partial charge in [0.05, 0.1) is 18.1 Å². The highest BCUT2D eigenvalue weighted by atomic mass is 35.5. The van der Waals surface area contributed by atoms with E-state index < -0.39 is 0 Å². The van der Waals surface area contributed by atoms with Crippen LogP contribution < -0.4 is 4.74 Å². The van der Waals surface area contributed by atoms with E-state index in [2.05, 4.69) is 10.6 Å². The van der Waals surface area contributed by atoms with Crippen LogP contribution in [0.4, 0.5) is 0 Å². The van der Waals surface area contributed by atoms with Crippen LogP contribution in [0.5, 0.6) is 5.75 Å². The molecule has 4 nitrogen and oxygen atoms in total. The van der Waals surface area contributed by atoms with Crippen molar-refractivity contribution in [2.45, 2.75) is 25.8 Å². The van der Waals surface area contributed by atoms with Crippen molar-refractivity contribution < 1.29 is 9.47 Å². The predicted molar refractivity (Wildman–Crippen MR) is 84.3 cm³/mol. The fourth-order valence-electron chi connectivity index (χ4n) is 2.93. The Balaban J connectivity index is 1.89. The van der Waals surface area contributed by atoms with Crippen molar-refractivity contribution >= 4 is 22.6 Å². The number of fused-ring (bicyclic) bond motifs is 1. The van der Waals surface area contributed by atoms with Crippen LogP contribution >= 0.6 is 11.6 Å². The van der Waals surface area contributed by atoms with Gasteiger partial charge in [0.25, 0.3) is 0 Å². The van der Waals surface area contributed by atoms with Gasteiger partial charge >= 0.3 is 0 Å². The van der Waals surface area contributed by atoms with Crippen LogP contribution in [0, 0.1) is 5.92 Å². The molecule has 1 fully saturated rings. The summed E-state index contributed by atoms with van der Waals surface area (Å²) in [4.78, 5) is 4.71. The molecule has 1 aromatic carbocycles. The van der Waals surface area contributed by atoms with E-state index in [4.69, 9.17) is 26.1 Å². The number of rotatable bonds is 6. The molecule has 1 aliphatic heterocycles. The number of benzene rings is 1. The second-order valence-corrected chi connectivity index (χ2v) is 5.87. The summed E-state index contributed by atoms with van der Waals surface area (Å²) in [5.41, 5.74) is 2.15. The van der Waals surface area contributed by atoms with Gasteiger partial charge in [-0.05, 0) is 30.9 Å². The van der Waals surface area contributed by atoms with Crippen LogP contribution in [0.3, 0.4) is 0 Å². The first-order chi connectivity index (χ1) is 10.3. The number of imidazole rings is 1. The van der Waals surface area contributed by atoms with Crippen molar-refractivity contribution in [3.05, 3.63) is 24.0 Å². The number of hydrogen-bond donors (Lipinski definition) is 0. The minimum Gasteiger partial charge on any atom is -0.497 e. The molecule has 2 heterocycles. The van der Waals surface area contributed by atoms with E-state index in [1.807, 2.05) is 12.1 Å². The summed E-state index contributed by atoms with van der Waals surface area (Å²) in [6.45, 7) is 2.75. The Morgan fingerprint density at radius 3 is 3.10 bits per heavy atom. The quantitative estimate of drug-likeness (QED) is 0.769. The first kappa shape index (κ1) is 14.7. The Labute approximate surface area is 130 Å². The van der Waals surface area contributed by atoms with Crippen molar-refractivity contribution in [1.29, 1.82) is 0 Å².